The zero-order chi connectivity index (χ0) is 13.3. The van der Waals surface area contributed by atoms with Crippen molar-refractivity contribution in [1.29, 1.82) is 0 Å². The fraction of sp³-hybridized carbons (Fsp3) is 0.400. The van der Waals surface area contributed by atoms with Gasteiger partial charge in [-0.15, -0.1) is 0 Å². The van der Waals surface area contributed by atoms with Crippen molar-refractivity contribution in [3.05, 3.63) is 23.4 Å². The zero-order valence-electron chi connectivity index (χ0n) is 8.90. The topological polar surface area (TPSA) is 68.7 Å². The maximum absolute atomic E-state index is 12.7. The van der Waals surface area contributed by atoms with Crippen LogP contribution in [-0.4, -0.2) is 35.4 Å². The zero-order valence-corrected chi connectivity index (χ0v) is 8.90. The molecular weight excluding hydrogens is 255 g/mol. The van der Waals surface area contributed by atoms with E-state index in [1.54, 1.807) is 0 Å². The molecule has 1 aliphatic rings. The summed E-state index contributed by atoms with van der Waals surface area (Å²) in [4.78, 5) is 14.0. The Hall–Kier alpha value is -1.83. The highest BCUT2D eigenvalue weighted by molar-refractivity contribution is 5.87. The third-order valence-electron chi connectivity index (χ3n) is 2.29. The van der Waals surface area contributed by atoms with Crippen LogP contribution in [0, 0.1) is 0 Å². The average molecular weight is 263 g/mol. The Balaban J connectivity index is 2.34. The molecule has 0 spiro atoms. The van der Waals surface area contributed by atoms with Gasteiger partial charge in [-0.25, -0.2) is 9.78 Å². The summed E-state index contributed by atoms with van der Waals surface area (Å²) in [6.07, 6.45) is -4.38. The highest BCUT2D eigenvalue weighted by atomic mass is 19.4. The monoisotopic (exact) mass is 263 g/mol. The van der Waals surface area contributed by atoms with Crippen molar-refractivity contribution in [2.24, 2.45) is 0 Å². The predicted molar refractivity (Wildman–Crippen MR) is 51.4 cm³/mol. The van der Waals surface area contributed by atoms with Gasteiger partial charge in [-0.2, -0.15) is 13.2 Å². The Morgan fingerprint density at radius 1 is 1.50 bits per heavy atom. The Morgan fingerprint density at radius 3 is 2.61 bits per heavy atom. The highest BCUT2D eigenvalue weighted by Crippen LogP contribution is 2.36. The number of alkyl halides is 3. The number of halogens is 3. The van der Waals surface area contributed by atoms with Crippen LogP contribution >= 0.6 is 0 Å². The van der Waals surface area contributed by atoms with Gasteiger partial charge < -0.3 is 14.6 Å². The number of carboxylic acid groups (broad SMARTS) is 1. The normalized spacial score (nSPS) is 16.2. The first-order chi connectivity index (χ1) is 8.38. The van der Waals surface area contributed by atoms with Crippen molar-refractivity contribution in [3.8, 4) is 5.88 Å². The van der Waals surface area contributed by atoms with Crippen molar-refractivity contribution in [2.75, 3.05) is 13.2 Å². The van der Waals surface area contributed by atoms with E-state index in [-0.39, 0.29) is 13.2 Å². The van der Waals surface area contributed by atoms with E-state index in [1.165, 1.54) is 0 Å². The van der Waals surface area contributed by atoms with E-state index in [0.717, 1.165) is 6.20 Å². The molecule has 2 heterocycles. The third-order valence-corrected chi connectivity index (χ3v) is 2.29. The molecule has 0 atom stereocenters. The number of aromatic carboxylic acids is 1. The molecule has 8 heteroatoms. The van der Waals surface area contributed by atoms with Gasteiger partial charge in [0.1, 0.15) is 11.7 Å². The molecule has 98 valence electrons. The molecule has 1 N–H and O–H groups in total. The molecule has 0 saturated carbocycles. The van der Waals surface area contributed by atoms with E-state index >= 15 is 0 Å². The Bertz CT molecular complexity index is 471. The maximum Gasteiger partial charge on any atom is 0.421 e. The molecule has 1 aromatic heterocycles. The second-order valence-electron chi connectivity index (χ2n) is 3.66. The summed E-state index contributed by atoms with van der Waals surface area (Å²) in [6.45, 7) is 0.388. The van der Waals surface area contributed by atoms with Gasteiger partial charge in [0.15, 0.2) is 0 Å². The van der Waals surface area contributed by atoms with Crippen LogP contribution in [0.2, 0.25) is 0 Å². The number of pyridine rings is 1. The van der Waals surface area contributed by atoms with Crippen molar-refractivity contribution in [3.63, 3.8) is 0 Å². The van der Waals surface area contributed by atoms with Gasteiger partial charge in [-0.05, 0) is 6.07 Å². The van der Waals surface area contributed by atoms with Gasteiger partial charge in [0.25, 0.3) is 0 Å². The van der Waals surface area contributed by atoms with Crippen LogP contribution in [0.1, 0.15) is 15.9 Å². The number of carboxylic acids is 1. The van der Waals surface area contributed by atoms with E-state index in [0.29, 0.717) is 6.07 Å². The number of hydrogen-bond acceptors (Lipinski definition) is 4. The number of nitrogens with zero attached hydrogens (tertiary/aromatic N) is 1. The number of rotatable bonds is 3. The molecule has 0 bridgehead atoms. The van der Waals surface area contributed by atoms with Crippen molar-refractivity contribution >= 4 is 5.97 Å². The second kappa shape index (κ2) is 4.45. The summed E-state index contributed by atoms with van der Waals surface area (Å²) < 4.78 is 47.9. The smallest absolute Gasteiger partial charge is 0.421 e. The molecular formula is C10H8F3NO4. The van der Waals surface area contributed by atoms with Gasteiger partial charge in [0.2, 0.25) is 5.88 Å². The van der Waals surface area contributed by atoms with E-state index in [4.69, 9.17) is 14.6 Å². The van der Waals surface area contributed by atoms with Gasteiger partial charge in [-0.3, -0.25) is 0 Å². The van der Waals surface area contributed by atoms with Crippen molar-refractivity contribution < 1.29 is 32.5 Å². The largest absolute Gasteiger partial charge is 0.478 e. The molecule has 0 unspecified atom stereocenters. The number of aromatic nitrogens is 1. The number of hydrogen-bond donors (Lipinski definition) is 1. The summed E-state index contributed by atoms with van der Waals surface area (Å²) in [5.41, 5.74) is -1.74. The standard InChI is InChI=1S/C10H8F3NO4/c11-10(12,13)7-1-5(9(15)16)2-14-8(7)18-6-3-17-4-6/h1-2,6H,3-4H2,(H,15,16). The fourth-order valence-corrected chi connectivity index (χ4v) is 1.31. The van der Waals surface area contributed by atoms with Gasteiger partial charge >= 0.3 is 12.1 Å². The van der Waals surface area contributed by atoms with Crippen LogP contribution in [0.25, 0.3) is 0 Å². The maximum atomic E-state index is 12.7. The van der Waals surface area contributed by atoms with Crippen LogP contribution in [-0.2, 0) is 10.9 Å². The summed E-state index contributed by atoms with van der Waals surface area (Å²) in [6, 6.07) is 0.504. The van der Waals surface area contributed by atoms with E-state index in [1.807, 2.05) is 0 Å². The molecule has 1 aliphatic heterocycles. The Kier molecular flexibility index (Phi) is 3.12. The Labute approximate surface area is 99.1 Å². The first kappa shape index (κ1) is 12.6. The molecule has 1 aromatic rings. The molecule has 0 aromatic carbocycles. The number of carbonyl (C=O) groups is 1. The van der Waals surface area contributed by atoms with Crippen molar-refractivity contribution in [1.82, 2.24) is 4.98 Å². The Morgan fingerprint density at radius 2 is 2.17 bits per heavy atom. The van der Waals surface area contributed by atoms with Gasteiger partial charge in [-0.1, -0.05) is 0 Å². The highest BCUT2D eigenvalue weighted by Gasteiger charge is 2.37. The van der Waals surface area contributed by atoms with Crippen LogP contribution in [0.3, 0.4) is 0 Å². The molecule has 18 heavy (non-hydrogen) atoms. The first-order valence-corrected chi connectivity index (χ1v) is 4.93. The third kappa shape index (κ3) is 2.53. The fourth-order valence-electron chi connectivity index (χ4n) is 1.31. The molecule has 1 saturated heterocycles. The SMILES string of the molecule is O=C(O)c1cnc(OC2COC2)c(C(F)(F)F)c1. The van der Waals surface area contributed by atoms with E-state index in [2.05, 4.69) is 4.98 Å². The molecule has 5 nitrogen and oxygen atoms in total. The van der Waals surface area contributed by atoms with Crippen molar-refractivity contribution in [2.45, 2.75) is 12.3 Å². The first-order valence-electron chi connectivity index (χ1n) is 4.93. The molecule has 0 radical (unpaired) electrons. The molecule has 2 rings (SSSR count). The van der Waals surface area contributed by atoms with Crippen LogP contribution in [0.5, 0.6) is 5.88 Å². The van der Waals surface area contributed by atoms with Crippen LogP contribution < -0.4 is 4.74 Å². The minimum absolute atomic E-state index is 0.194. The van der Waals surface area contributed by atoms with Crippen LogP contribution in [0.4, 0.5) is 13.2 Å². The van der Waals surface area contributed by atoms with E-state index < -0.39 is 35.3 Å². The lowest BCUT2D eigenvalue weighted by Gasteiger charge is -2.27. The average Bonchev–Trinajstić information content (AvgIpc) is 2.22. The summed E-state index contributed by atoms with van der Waals surface area (Å²) in [5, 5.41) is 8.64. The quantitative estimate of drug-likeness (QED) is 0.896. The van der Waals surface area contributed by atoms with Gasteiger partial charge in [0.05, 0.1) is 18.8 Å². The summed E-state index contributed by atoms with van der Waals surface area (Å²) in [5.74, 6) is -2.10. The van der Waals surface area contributed by atoms with Crippen LogP contribution in [0.15, 0.2) is 12.3 Å². The summed E-state index contributed by atoms with van der Waals surface area (Å²) in [7, 11) is 0. The molecule has 0 aliphatic carbocycles. The van der Waals surface area contributed by atoms with E-state index in [9.17, 15) is 18.0 Å². The molecule has 1 fully saturated rings. The number of ether oxygens (including phenoxy) is 2. The summed E-state index contributed by atoms with van der Waals surface area (Å²) >= 11 is 0. The lowest BCUT2D eigenvalue weighted by molar-refractivity contribution is -0.142. The lowest BCUT2D eigenvalue weighted by atomic mass is 10.2. The van der Waals surface area contributed by atoms with Gasteiger partial charge in [0, 0.05) is 6.20 Å². The second-order valence-corrected chi connectivity index (χ2v) is 3.66. The minimum Gasteiger partial charge on any atom is -0.478 e. The minimum atomic E-state index is -4.72. The predicted octanol–water partition coefficient (Wildman–Crippen LogP) is 1.58. The lowest BCUT2D eigenvalue weighted by Crippen LogP contribution is -2.39. The molecule has 0 amide bonds.